The molecule has 0 aliphatic heterocycles. The number of benzene rings is 2. The zero-order valence-corrected chi connectivity index (χ0v) is 16.6. The normalized spacial score (nSPS) is 10.8. The molecule has 3 nitrogen and oxygen atoms in total. The summed E-state index contributed by atoms with van der Waals surface area (Å²) in [5.41, 5.74) is 6.20. The van der Waals surface area contributed by atoms with Gasteiger partial charge in [0.25, 0.3) is 0 Å². The third kappa shape index (κ3) is 6.15. The molecule has 2 aromatic rings. The first-order valence-corrected chi connectivity index (χ1v) is 9.46. The minimum absolute atomic E-state index is 0.653. The molecule has 134 valence electrons. The Morgan fingerprint density at radius 1 is 0.920 bits per heavy atom. The summed E-state index contributed by atoms with van der Waals surface area (Å²) in [4.78, 5) is 1.60. The van der Waals surface area contributed by atoms with E-state index in [2.05, 4.69) is 80.8 Å². The molecule has 2 aromatic carbocycles. The van der Waals surface area contributed by atoms with Crippen molar-refractivity contribution in [3.05, 3.63) is 64.7 Å². The van der Waals surface area contributed by atoms with E-state index < -0.39 is 0 Å². The number of rotatable bonds is 7. The molecule has 4 heteroatoms. The molecule has 0 radical (unpaired) electrons. The van der Waals surface area contributed by atoms with Crippen molar-refractivity contribution in [2.24, 2.45) is 0 Å². The molecule has 3 N–H and O–H groups in total. The molecule has 0 bridgehead atoms. The summed E-state index contributed by atoms with van der Waals surface area (Å²) in [6.07, 6.45) is 0. The molecule has 0 fully saturated rings. The molecule has 0 unspecified atom stereocenters. The second-order valence-electron chi connectivity index (χ2n) is 6.56. The molecule has 0 saturated carbocycles. The van der Waals surface area contributed by atoms with Crippen LogP contribution in [0.4, 0.5) is 5.69 Å². The molecule has 0 atom stereocenters. The van der Waals surface area contributed by atoms with E-state index in [9.17, 15) is 0 Å². The van der Waals surface area contributed by atoms with Gasteiger partial charge in [-0.2, -0.15) is 0 Å². The van der Waals surface area contributed by atoms with Gasteiger partial charge in [-0.15, -0.1) is 0 Å². The zero-order valence-electron chi connectivity index (χ0n) is 15.8. The predicted molar refractivity (Wildman–Crippen MR) is 111 cm³/mol. The van der Waals surface area contributed by atoms with Crippen LogP contribution in [-0.4, -0.2) is 18.2 Å². The van der Waals surface area contributed by atoms with E-state index in [-0.39, 0.29) is 0 Å². The van der Waals surface area contributed by atoms with Crippen LogP contribution >= 0.6 is 12.2 Å². The van der Waals surface area contributed by atoms with Gasteiger partial charge in [0.2, 0.25) is 0 Å². The SMILES string of the molecule is CC[NH+](CC)Cc1ccc(CNC(=S)Nc2ccc(C)c(C)c2)cc1. The zero-order chi connectivity index (χ0) is 18.2. The Hall–Kier alpha value is -1.91. The van der Waals surface area contributed by atoms with Crippen LogP contribution in [0, 0.1) is 13.8 Å². The van der Waals surface area contributed by atoms with Crippen molar-refractivity contribution >= 4 is 23.0 Å². The van der Waals surface area contributed by atoms with Gasteiger partial charge in [-0.3, -0.25) is 0 Å². The number of thiocarbonyl (C=S) groups is 1. The maximum Gasteiger partial charge on any atom is 0.171 e. The molecule has 0 aromatic heterocycles. The van der Waals surface area contributed by atoms with E-state index in [1.54, 1.807) is 4.90 Å². The monoisotopic (exact) mass is 356 g/mol. The summed E-state index contributed by atoms with van der Waals surface area (Å²) in [7, 11) is 0. The lowest BCUT2D eigenvalue weighted by atomic mass is 10.1. The minimum atomic E-state index is 0.653. The van der Waals surface area contributed by atoms with Crippen molar-refractivity contribution in [2.75, 3.05) is 18.4 Å². The van der Waals surface area contributed by atoms with Gasteiger partial charge >= 0.3 is 0 Å². The molecule has 2 rings (SSSR count). The highest BCUT2D eigenvalue weighted by Crippen LogP contribution is 2.14. The lowest BCUT2D eigenvalue weighted by Crippen LogP contribution is -3.10. The average Bonchev–Trinajstić information content (AvgIpc) is 2.62. The van der Waals surface area contributed by atoms with Crippen molar-refractivity contribution in [3.8, 4) is 0 Å². The van der Waals surface area contributed by atoms with E-state index in [0.717, 1.165) is 31.9 Å². The Bertz CT molecular complexity index is 691. The van der Waals surface area contributed by atoms with E-state index in [1.165, 1.54) is 22.3 Å². The Morgan fingerprint density at radius 2 is 1.56 bits per heavy atom. The number of nitrogens with one attached hydrogen (secondary N) is 3. The van der Waals surface area contributed by atoms with Crippen LogP contribution in [0.2, 0.25) is 0 Å². The fraction of sp³-hybridized carbons (Fsp3) is 0.381. The number of hydrogen-bond acceptors (Lipinski definition) is 1. The molecule has 0 amide bonds. The maximum absolute atomic E-state index is 5.40. The van der Waals surface area contributed by atoms with Crippen LogP contribution in [0.5, 0.6) is 0 Å². The van der Waals surface area contributed by atoms with E-state index >= 15 is 0 Å². The van der Waals surface area contributed by atoms with Crippen molar-refractivity contribution in [3.63, 3.8) is 0 Å². The molecule has 0 heterocycles. The van der Waals surface area contributed by atoms with Gasteiger partial charge in [0.1, 0.15) is 6.54 Å². The van der Waals surface area contributed by atoms with Crippen LogP contribution in [-0.2, 0) is 13.1 Å². The molecular formula is C21H30N3S+. The standard InChI is InChI=1S/C21H29N3S/c1-5-24(6-2)15-19-10-8-18(9-11-19)14-22-21(25)23-20-12-7-16(3)17(4)13-20/h7-13H,5-6,14-15H2,1-4H3,(H2,22,23,25)/p+1. The fourth-order valence-electron chi connectivity index (χ4n) is 2.74. The van der Waals surface area contributed by atoms with Crippen LogP contribution in [0.15, 0.2) is 42.5 Å². The number of aryl methyl sites for hydroxylation is 2. The third-order valence-electron chi connectivity index (χ3n) is 4.69. The topological polar surface area (TPSA) is 28.5 Å². The summed E-state index contributed by atoms with van der Waals surface area (Å²) in [6, 6.07) is 15.1. The lowest BCUT2D eigenvalue weighted by molar-refractivity contribution is -0.910. The highest BCUT2D eigenvalue weighted by atomic mass is 32.1. The van der Waals surface area contributed by atoms with Gasteiger partial charge < -0.3 is 15.5 Å². The number of anilines is 1. The van der Waals surface area contributed by atoms with Crippen molar-refractivity contribution < 1.29 is 4.90 Å². The summed E-state index contributed by atoms with van der Waals surface area (Å²) in [5, 5.41) is 7.18. The predicted octanol–water partition coefficient (Wildman–Crippen LogP) is 3.21. The number of hydrogen-bond donors (Lipinski definition) is 3. The first-order chi connectivity index (χ1) is 12.0. The van der Waals surface area contributed by atoms with E-state index in [4.69, 9.17) is 12.2 Å². The van der Waals surface area contributed by atoms with Gasteiger partial charge in [-0.05, 0) is 68.7 Å². The van der Waals surface area contributed by atoms with E-state index in [0.29, 0.717) is 5.11 Å². The smallest absolute Gasteiger partial charge is 0.171 e. The van der Waals surface area contributed by atoms with Gasteiger partial charge in [-0.1, -0.05) is 30.3 Å². The summed E-state index contributed by atoms with van der Waals surface area (Å²) >= 11 is 5.40. The van der Waals surface area contributed by atoms with Crippen molar-refractivity contribution in [2.45, 2.75) is 40.8 Å². The highest BCUT2D eigenvalue weighted by Gasteiger charge is 2.05. The van der Waals surface area contributed by atoms with Gasteiger partial charge in [0, 0.05) is 17.8 Å². The summed E-state index contributed by atoms with van der Waals surface area (Å²) in [5.74, 6) is 0. The minimum Gasteiger partial charge on any atom is -0.358 e. The Balaban J connectivity index is 1.84. The number of quaternary nitrogens is 1. The summed E-state index contributed by atoms with van der Waals surface area (Å²) in [6.45, 7) is 12.8. The van der Waals surface area contributed by atoms with Crippen molar-refractivity contribution in [1.82, 2.24) is 5.32 Å². The highest BCUT2D eigenvalue weighted by molar-refractivity contribution is 7.80. The first-order valence-electron chi connectivity index (χ1n) is 9.05. The molecule has 25 heavy (non-hydrogen) atoms. The molecule has 0 aliphatic rings. The van der Waals surface area contributed by atoms with Gasteiger partial charge in [-0.25, -0.2) is 0 Å². The van der Waals surface area contributed by atoms with Crippen LogP contribution in [0.25, 0.3) is 0 Å². The lowest BCUT2D eigenvalue weighted by Gasteiger charge is -2.15. The third-order valence-corrected chi connectivity index (χ3v) is 4.94. The first kappa shape index (κ1) is 19.4. The molecule has 0 spiro atoms. The molecule has 0 saturated heterocycles. The second kappa shape index (κ2) is 9.54. The van der Waals surface area contributed by atoms with E-state index in [1.807, 2.05) is 0 Å². The largest absolute Gasteiger partial charge is 0.358 e. The van der Waals surface area contributed by atoms with Crippen molar-refractivity contribution in [1.29, 1.82) is 0 Å². The van der Waals surface area contributed by atoms with Gasteiger partial charge in [0.15, 0.2) is 5.11 Å². The van der Waals surface area contributed by atoms with Gasteiger partial charge in [0.05, 0.1) is 13.1 Å². The average molecular weight is 357 g/mol. The summed E-state index contributed by atoms with van der Waals surface area (Å²) < 4.78 is 0. The Labute approximate surface area is 157 Å². The van der Waals surface area contributed by atoms with Crippen LogP contribution in [0.1, 0.15) is 36.1 Å². The van der Waals surface area contributed by atoms with Crippen LogP contribution < -0.4 is 15.5 Å². The molecular weight excluding hydrogens is 326 g/mol. The molecule has 0 aliphatic carbocycles. The Kier molecular flexibility index (Phi) is 7.41. The maximum atomic E-state index is 5.40. The fourth-order valence-corrected chi connectivity index (χ4v) is 2.93. The van der Waals surface area contributed by atoms with Crippen LogP contribution in [0.3, 0.4) is 0 Å². The second-order valence-corrected chi connectivity index (χ2v) is 6.97. The quantitative estimate of drug-likeness (QED) is 0.665. The Morgan fingerprint density at radius 3 is 2.16 bits per heavy atom.